The molecule has 0 aliphatic carbocycles. The van der Waals surface area contributed by atoms with E-state index < -0.39 is 17.9 Å². The van der Waals surface area contributed by atoms with Gasteiger partial charge in [0.15, 0.2) is 17.2 Å². The largest absolute Gasteiger partial charge is 0.503 e. The molecule has 1 fully saturated rings. The van der Waals surface area contributed by atoms with Crippen molar-refractivity contribution in [1.82, 2.24) is 10.3 Å². The molecule has 8 nitrogen and oxygen atoms in total. The van der Waals surface area contributed by atoms with Gasteiger partial charge in [-0.25, -0.2) is 9.78 Å². The summed E-state index contributed by atoms with van der Waals surface area (Å²) in [5, 5.41) is 12.8. The van der Waals surface area contributed by atoms with Crippen LogP contribution in [-0.2, 0) is 9.53 Å². The summed E-state index contributed by atoms with van der Waals surface area (Å²) < 4.78 is 16.6. The van der Waals surface area contributed by atoms with Crippen LogP contribution in [0.4, 0.5) is 0 Å². The molecule has 2 heterocycles. The van der Waals surface area contributed by atoms with Crippen LogP contribution in [0.15, 0.2) is 42.6 Å². The monoisotopic (exact) mass is 414 g/mol. The van der Waals surface area contributed by atoms with E-state index >= 15 is 0 Å². The molecule has 1 aliphatic heterocycles. The maximum atomic E-state index is 12.6. The average Bonchev–Trinajstić information content (AvgIpc) is 2.78. The molecule has 3 rings (SSSR count). The zero-order valence-electron chi connectivity index (χ0n) is 17.0. The lowest BCUT2D eigenvalue weighted by Crippen LogP contribution is -2.42. The Bertz CT molecular complexity index is 873. The van der Waals surface area contributed by atoms with E-state index in [0.29, 0.717) is 25.7 Å². The highest BCUT2D eigenvalue weighted by Gasteiger charge is 2.29. The number of nitrogens with zero attached hydrogens (tertiary/aromatic N) is 1. The zero-order chi connectivity index (χ0) is 21.5. The second-order valence-electron chi connectivity index (χ2n) is 7.20. The third-order valence-electron chi connectivity index (χ3n) is 4.89. The maximum Gasteiger partial charge on any atom is 0.328 e. The lowest BCUT2D eigenvalue weighted by atomic mass is 10.0. The van der Waals surface area contributed by atoms with Crippen LogP contribution in [0.2, 0.25) is 0 Å². The van der Waals surface area contributed by atoms with Crippen molar-refractivity contribution in [2.24, 2.45) is 0 Å². The Morgan fingerprint density at radius 3 is 2.73 bits per heavy atom. The van der Waals surface area contributed by atoms with Crippen LogP contribution in [-0.4, -0.2) is 47.3 Å². The molecule has 2 aromatic rings. The highest BCUT2D eigenvalue weighted by Crippen LogP contribution is 2.28. The Kier molecular flexibility index (Phi) is 7.11. The first-order valence-electron chi connectivity index (χ1n) is 9.93. The number of hydrogen-bond acceptors (Lipinski definition) is 7. The van der Waals surface area contributed by atoms with Gasteiger partial charge < -0.3 is 24.6 Å². The van der Waals surface area contributed by atoms with E-state index in [0.717, 1.165) is 5.75 Å². The fourth-order valence-electron chi connectivity index (χ4n) is 3.41. The third kappa shape index (κ3) is 5.40. The van der Waals surface area contributed by atoms with Crippen molar-refractivity contribution in [2.45, 2.75) is 50.9 Å². The molecule has 0 bridgehead atoms. The molecule has 1 aliphatic rings. The van der Waals surface area contributed by atoms with Crippen molar-refractivity contribution < 1.29 is 28.9 Å². The minimum Gasteiger partial charge on any atom is -0.503 e. The van der Waals surface area contributed by atoms with Crippen LogP contribution < -0.4 is 14.8 Å². The Morgan fingerprint density at radius 2 is 2.00 bits per heavy atom. The van der Waals surface area contributed by atoms with Crippen molar-refractivity contribution in [3.8, 4) is 17.2 Å². The van der Waals surface area contributed by atoms with Gasteiger partial charge in [0.1, 0.15) is 24.0 Å². The fourth-order valence-corrected chi connectivity index (χ4v) is 3.41. The van der Waals surface area contributed by atoms with Crippen LogP contribution in [0.3, 0.4) is 0 Å². The van der Waals surface area contributed by atoms with Crippen LogP contribution in [0.25, 0.3) is 0 Å². The second kappa shape index (κ2) is 9.96. The number of nitrogens with one attached hydrogen (secondary N) is 1. The SMILES string of the molecule is COc1ccnc(C(=O)N[C@H]2CCCC(Oc3ccccc3)CC(C)OC2=O)c1O. The first-order chi connectivity index (χ1) is 14.5. The number of ether oxygens (including phenoxy) is 3. The van der Waals surface area contributed by atoms with Crippen LogP contribution in [0, 0.1) is 0 Å². The molecule has 160 valence electrons. The van der Waals surface area contributed by atoms with Gasteiger partial charge in [-0.2, -0.15) is 0 Å². The number of amides is 1. The molecule has 3 atom stereocenters. The van der Waals surface area contributed by atoms with E-state index in [1.807, 2.05) is 30.3 Å². The quantitative estimate of drug-likeness (QED) is 0.725. The molecule has 1 aromatic carbocycles. The lowest BCUT2D eigenvalue weighted by molar-refractivity contribution is -0.151. The molecule has 1 saturated heterocycles. The number of benzene rings is 1. The third-order valence-corrected chi connectivity index (χ3v) is 4.89. The predicted molar refractivity (Wildman–Crippen MR) is 109 cm³/mol. The van der Waals surface area contributed by atoms with Gasteiger partial charge in [-0.3, -0.25) is 4.79 Å². The Balaban J connectivity index is 1.67. The number of aromatic nitrogens is 1. The van der Waals surface area contributed by atoms with Crippen molar-refractivity contribution in [3.05, 3.63) is 48.3 Å². The topological polar surface area (TPSA) is 107 Å². The van der Waals surface area contributed by atoms with Crippen molar-refractivity contribution in [2.75, 3.05) is 7.11 Å². The van der Waals surface area contributed by atoms with Gasteiger partial charge in [0.25, 0.3) is 5.91 Å². The second-order valence-corrected chi connectivity index (χ2v) is 7.20. The molecule has 8 heteroatoms. The fraction of sp³-hybridized carbons (Fsp3) is 0.409. The number of rotatable bonds is 5. The number of carbonyl (C=O) groups is 2. The number of pyridine rings is 1. The summed E-state index contributed by atoms with van der Waals surface area (Å²) in [6.07, 6.45) is 3.19. The highest BCUT2D eigenvalue weighted by molar-refractivity contribution is 5.97. The van der Waals surface area contributed by atoms with E-state index in [1.165, 1.54) is 19.4 Å². The molecule has 0 spiro atoms. The number of methoxy groups -OCH3 is 1. The molecule has 2 N–H and O–H groups in total. The van der Waals surface area contributed by atoms with E-state index in [9.17, 15) is 14.7 Å². The van der Waals surface area contributed by atoms with Gasteiger partial charge in [-0.15, -0.1) is 0 Å². The summed E-state index contributed by atoms with van der Waals surface area (Å²) >= 11 is 0. The Labute approximate surface area is 175 Å². The molecule has 1 amide bonds. The summed E-state index contributed by atoms with van der Waals surface area (Å²) in [5.74, 6) is -0.666. The Morgan fingerprint density at radius 1 is 1.23 bits per heavy atom. The summed E-state index contributed by atoms with van der Waals surface area (Å²) in [5.41, 5.74) is -0.208. The van der Waals surface area contributed by atoms with Crippen molar-refractivity contribution >= 4 is 11.9 Å². The summed E-state index contributed by atoms with van der Waals surface area (Å²) in [6, 6.07) is 10.1. The summed E-state index contributed by atoms with van der Waals surface area (Å²) in [6.45, 7) is 1.80. The van der Waals surface area contributed by atoms with Gasteiger partial charge >= 0.3 is 5.97 Å². The normalized spacial score (nSPS) is 22.1. The van der Waals surface area contributed by atoms with E-state index in [1.54, 1.807) is 6.92 Å². The Hall–Kier alpha value is -3.29. The van der Waals surface area contributed by atoms with Gasteiger partial charge in [0.05, 0.1) is 7.11 Å². The first-order valence-corrected chi connectivity index (χ1v) is 9.93. The van der Waals surface area contributed by atoms with Gasteiger partial charge in [0.2, 0.25) is 0 Å². The molecule has 2 unspecified atom stereocenters. The standard InChI is InChI=1S/C22H26N2O6/c1-14-13-16(30-15-7-4-3-5-8-15)9-6-10-17(22(27)29-14)24-21(26)19-20(25)18(28-2)11-12-23-19/h3-5,7-8,11-12,14,16-17,25H,6,9-10,13H2,1-2H3,(H,24,26)/t14?,16?,17-/m0/s1. The molecular weight excluding hydrogens is 388 g/mol. The molecule has 0 radical (unpaired) electrons. The number of carbonyl (C=O) groups excluding carboxylic acids is 2. The van der Waals surface area contributed by atoms with E-state index in [-0.39, 0.29) is 29.4 Å². The lowest BCUT2D eigenvalue weighted by Gasteiger charge is -2.21. The zero-order valence-corrected chi connectivity index (χ0v) is 17.0. The summed E-state index contributed by atoms with van der Waals surface area (Å²) in [7, 11) is 1.38. The minimum atomic E-state index is -0.845. The average molecular weight is 414 g/mol. The van der Waals surface area contributed by atoms with Gasteiger partial charge in [-0.1, -0.05) is 18.2 Å². The smallest absolute Gasteiger partial charge is 0.328 e. The number of esters is 1. The van der Waals surface area contributed by atoms with Crippen LogP contribution in [0.1, 0.15) is 43.1 Å². The van der Waals surface area contributed by atoms with Crippen molar-refractivity contribution in [1.29, 1.82) is 0 Å². The van der Waals surface area contributed by atoms with Gasteiger partial charge in [0, 0.05) is 18.7 Å². The van der Waals surface area contributed by atoms with Crippen LogP contribution >= 0.6 is 0 Å². The molecule has 30 heavy (non-hydrogen) atoms. The van der Waals surface area contributed by atoms with Crippen LogP contribution in [0.5, 0.6) is 17.2 Å². The van der Waals surface area contributed by atoms with Gasteiger partial charge in [-0.05, 0) is 38.3 Å². The minimum absolute atomic E-state index is 0.103. The highest BCUT2D eigenvalue weighted by atomic mass is 16.5. The molecule has 0 saturated carbocycles. The predicted octanol–water partition coefficient (Wildman–Crippen LogP) is 2.85. The molecule has 1 aromatic heterocycles. The maximum absolute atomic E-state index is 12.6. The van der Waals surface area contributed by atoms with E-state index in [4.69, 9.17) is 14.2 Å². The number of para-hydroxylation sites is 1. The number of cyclic esters (lactones) is 1. The number of aromatic hydroxyl groups is 1. The summed E-state index contributed by atoms with van der Waals surface area (Å²) in [4.78, 5) is 29.1. The molecular formula is C22H26N2O6. The van der Waals surface area contributed by atoms with E-state index in [2.05, 4.69) is 10.3 Å². The number of hydrogen-bond donors (Lipinski definition) is 2. The van der Waals surface area contributed by atoms with Crippen molar-refractivity contribution in [3.63, 3.8) is 0 Å². The first kappa shape index (κ1) is 21.4.